The minimum atomic E-state index is -0.801. The zero-order chi connectivity index (χ0) is 47.4. The topological polar surface area (TPSA) is 95.9 Å². The predicted molar refractivity (Wildman–Crippen MR) is 282 cm³/mol. The first-order valence-electron chi connectivity index (χ1n) is 28.4. The molecule has 0 rings (SSSR count). The van der Waals surface area contributed by atoms with Gasteiger partial charge in [-0.1, -0.05) is 268 Å². The number of amides is 1. The van der Waals surface area contributed by atoms with Gasteiger partial charge >= 0.3 is 5.97 Å². The number of esters is 1. The number of aliphatic hydroxyl groups is 2. The molecule has 0 aromatic heterocycles. The Morgan fingerprint density at radius 1 is 0.462 bits per heavy atom. The van der Waals surface area contributed by atoms with E-state index in [1.54, 1.807) is 0 Å². The smallest absolute Gasteiger partial charge is 0.306 e. The van der Waals surface area contributed by atoms with E-state index >= 15 is 0 Å². The van der Waals surface area contributed by atoms with E-state index in [-0.39, 0.29) is 24.9 Å². The number of nitrogens with one attached hydrogen (secondary N) is 1. The Morgan fingerprint density at radius 3 is 1.23 bits per heavy atom. The maximum absolute atomic E-state index is 13.2. The fraction of sp³-hybridized carbons (Fsp3) is 0.831. The molecule has 0 aromatic carbocycles. The third-order valence-electron chi connectivity index (χ3n) is 12.9. The summed E-state index contributed by atoms with van der Waals surface area (Å²) in [4.78, 5) is 26.2. The maximum Gasteiger partial charge on any atom is 0.306 e. The van der Waals surface area contributed by atoms with Gasteiger partial charge in [0.1, 0.15) is 6.10 Å². The molecule has 0 saturated heterocycles. The zero-order valence-corrected chi connectivity index (χ0v) is 43.4. The molecular formula is C59H109NO5. The number of allylic oxidation sites excluding steroid dienone is 8. The first kappa shape index (κ1) is 62.8. The molecule has 380 valence electrons. The van der Waals surface area contributed by atoms with E-state index in [1.165, 1.54) is 167 Å². The third kappa shape index (κ3) is 48.1. The number of unbranched alkanes of at least 4 members (excludes halogenated alkanes) is 31. The summed E-state index contributed by atoms with van der Waals surface area (Å²) in [5.74, 6) is -0.516. The zero-order valence-electron chi connectivity index (χ0n) is 43.4. The average molecular weight is 913 g/mol. The van der Waals surface area contributed by atoms with Crippen molar-refractivity contribution < 1.29 is 24.5 Å². The first-order valence-corrected chi connectivity index (χ1v) is 28.4. The number of hydrogen-bond donors (Lipinski definition) is 3. The van der Waals surface area contributed by atoms with E-state index in [4.69, 9.17) is 4.74 Å². The lowest BCUT2D eigenvalue weighted by Gasteiger charge is -2.24. The Bertz CT molecular complexity index is 1110. The lowest BCUT2D eigenvalue weighted by molar-refractivity contribution is -0.151. The minimum Gasteiger partial charge on any atom is -0.462 e. The standard InChI is InChI=1S/C59H109NO5/c1-4-7-10-13-16-19-22-25-28-30-33-36-39-42-45-48-51-57(62)56(54-61)60-58(63)53-55(50-47-44-41-38-35-32-27-24-21-18-15-12-9-6-3)65-59(64)52-49-46-43-40-37-34-31-29-26-23-20-17-14-11-8-5-2/h9,12,18,21,27,32,38,41,55-57,61-62H,4-8,10-11,13-17,19-20,22-26,28-31,33-37,39-40,42-54H2,1-3H3,(H,60,63)/b12-9+,21-18+,32-27+,41-38+. The van der Waals surface area contributed by atoms with Crippen LogP contribution in [0.3, 0.4) is 0 Å². The fourth-order valence-electron chi connectivity index (χ4n) is 8.66. The van der Waals surface area contributed by atoms with Crippen molar-refractivity contribution in [2.75, 3.05) is 6.61 Å². The van der Waals surface area contributed by atoms with Gasteiger partial charge in [0.05, 0.1) is 25.2 Å². The number of aliphatic hydroxyl groups excluding tert-OH is 2. The molecule has 3 unspecified atom stereocenters. The predicted octanol–water partition coefficient (Wildman–Crippen LogP) is 17.4. The lowest BCUT2D eigenvalue weighted by atomic mass is 10.0. The average Bonchev–Trinajstić information content (AvgIpc) is 3.30. The molecule has 0 fully saturated rings. The first-order chi connectivity index (χ1) is 32.0. The number of hydrogen-bond acceptors (Lipinski definition) is 5. The Kier molecular flexibility index (Phi) is 51.0. The summed E-state index contributed by atoms with van der Waals surface area (Å²) in [6.45, 7) is 6.39. The number of carbonyl (C=O) groups excluding carboxylic acids is 2. The van der Waals surface area contributed by atoms with Crippen LogP contribution in [-0.4, -0.2) is 46.9 Å². The van der Waals surface area contributed by atoms with E-state index in [0.717, 1.165) is 77.0 Å². The summed E-state index contributed by atoms with van der Waals surface area (Å²) < 4.78 is 5.93. The molecule has 0 saturated carbocycles. The van der Waals surface area contributed by atoms with Gasteiger partial charge in [0.2, 0.25) is 5.91 Å². The molecule has 0 aliphatic carbocycles. The van der Waals surface area contributed by atoms with Crippen molar-refractivity contribution in [2.45, 2.75) is 309 Å². The van der Waals surface area contributed by atoms with Gasteiger partial charge in [-0.25, -0.2) is 0 Å². The summed E-state index contributed by atoms with van der Waals surface area (Å²) in [5.41, 5.74) is 0. The minimum absolute atomic E-state index is 0.0428. The SMILES string of the molecule is CC/C=C/C/C=C/C/C=C/C/C=C/CCCC(CC(=O)NC(CO)C(O)CCCCCCCCCCCCCCCCCC)OC(=O)CCCCCCCCCCCCCCCCCC. The van der Waals surface area contributed by atoms with Crippen molar-refractivity contribution >= 4 is 11.9 Å². The van der Waals surface area contributed by atoms with Crippen molar-refractivity contribution in [1.29, 1.82) is 0 Å². The molecule has 3 atom stereocenters. The van der Waals surface area contributed by atoms with Gasteiger partial charge in [-0.2, -0.15) is 0 Å². The van der Waals surface area contributed by atoms with E-state index in [9.17, 15) is 19.8 Å². The van der Waals surface area contributed by atoms with E-state index < -0.39 is 18.2 Å². The molecule has 0 aliphatic rings. The molecule has 0 bridgehead atoms. The summed E-state index contributed by atoms with van der Waals surface area (Å²) in [7, 11) is 0. The molecule has 0 aromatic rings. The van der Waals surface area contributed by atoms with Gasteiger partial charge < -0.3 is 20.3 Å². The number of carbonyl (C=O) groups is 2. The largest absolute Gasteiger partial charge is 0.462 e. The van der Waals surface area contributed by atoms with Crippen LogP contribution in [0.15, 0.2) is 48.6 Å². The molecule has 6 nitrogen and oxygen atoms in total. The van der Waals surface area contributed by atoms with Gasteiger partial charge in [-0.15, -0.1) is 0 Å². The van der Waals surface area contributed by atoms with Gasteiger partial charge in [-0.05, 0) is 57.8 Å². The van der Waals surface area contributed by atoms with Crippen LogP contribution in [0.25, 0.3) is 0 Å². The Morgan fingerprint density at radius 2 is 0.831 bits per heavy atom. The third-order valence-corrected chi connectivity index (χ3v) is 12.9. The molecule has 3 N–H and O–H groups in total. The quantitative estimate of drug-likeness (QED) is 0.0321. The van der Waals surface area contributed by atoms with Crippen molar-refractivity contribution in [3.05, 3.63) is 48.6 Å². The summed E-state index contributed by atoms with van der Waals surface area (Å²) in [6, 6.07) is -0.718. The molecule has 0 aliphatic heterocycles. The number of ether oxygens (including phenoxy) is 1. The van der Waals surface area contributed by atoms with Crippen LogP contribution in [0.4, 0.5) is 0 Å². The van der Waals surface area contributed by atoms with Gasteiger partial charge in [0.25, 0.3) is 0 Å². The molecule has 0 radical (unpaired) electrons. The van der Waals surface area contributed by atoms with E-state index in [1.807, 2.05) is 0 Å². The molecular weight excluding hydrogens is 803 g/mol. The lowest BCUT2D eigenvalue weighted by Crippen LogP contribution is -2.46. The highest BCUT2D eigenvalue weighted by atomic mass is 16.5. The maximum atomic E-state index is 13.2. The molecule has 65 heavy (non-hydrogen) atoms. The molecule has 0 heterocycles. The normalized spacial score (nSPS) is 13.5. The highest BCUT2D eigenvalue weighted by molar-refractivity contribution is 5.77. The van der Waals surface area contributed by atoms with Crippen molar-refractivity contribution in [3.63, 3.8) is 0 Å². The second kappa shape index (κ2) is 52.8. The van der Waals surface area contributed by atoms with Crippen LogP contribution in [0.5, 0.6) is 0 Å². The fourth-order valence-corrected chi connectivity index (χ4v) is 8.66. The van der Waals surface area contributed by atoms with E-state index in [2.05, 4.69) is 74.7 Å². The monoisotopic (exact) mass is 912 g/mol. The summed E-state index contributed by atoms with van der Waals surface area (Å²) >= 11 is 0. The van der Waals surface area contributed by atoms with E-state index in [0.29, 0.717) is 19.3 Å². The van der Waals surface area contributed by atoms with Gasteiger partial charge in [-0.3, -0.25) is 9.59 Å². The second-order valence-electron chi connectivity index (χ2n) is 19.3. The second-order valence-corrected chi connectivity index (χ2v) is 19.3. The van der Waals surface area contributed by atoms with Crippen molar-refractivity contribution in [1.82, 2.24) is 5.32 Å². The number of rotatable bonds is 51. The van der Waals surface area contributed by atoms with Crippen molar-refractivity contribution in [3.8, 4) is 0 Å². The van der Waals surface area contributed by atoms with Crippen LogP contribution >= 0.6 is 0 Å². The molecule has 1 amide bonds. The van der Waals surface area contributed by atoms with Crippen LogP contribution < -0.4 is 5.32 Å². The summed E-state index contributed by atoms with van der Waals surface area (Å²) in [6.07, 6.45) is 64.7. The van der Waals surface area contributed by atoms with Crippen LogP contribution in [-0.2, 0) is 14.3 Å². The molecule has 0 spiro atoms. The van der Waals surface area contributed by atoms with Crippen LogP contribution in [0, 0.1) is 0 Å². The van der Waals surface area contributed by atoms with Gasteiger partial charge in [0.15, 0.2) is 0 Å². The molecule has 6 heteroatoms. The highest BCUT2D eigenvalue weighted by Gasteiger charge is 2.24. The van der Waals surface area contributed by atoms with Crippen LogP contribution in [0.1, 0.15) is 290 Å². The Hall–Kier alpha value is -2.18. The Labute approximate surface area is 404 Å². The Balaban J connectivity index is 4.57. The van der Waals surface area contributed by atoms with Crippen LogP contribution in [0.2, 0.25) is 0 Å². The van der Waals surface area contributed by atoms with Gasteiger partial charge in [0, 0.05) is 6.42 Å². The summed E-state index contributed by atoms with van der Waals surface area (Å²) in [5, 5.41) is 23.9. The van der Waals surface area contributed by atoms with Crippen molar-refractivity contribution in [2.24, 2.45) is 0 Å². The highest BCUT2D eigenvalue weighted by Crippen LogP contribution is 2.18.